The molecule has 0 aliphatic carbocycles. The van der Waals surface area contributed by atoms with E-state index in [1.54, 1.807) is 51.5 Å². The summed E-state index contributed by atoms with van der Waals surface area (Å²) in [5, 5.41) is 0. The van der Waals surface area contributed by atoms with Crippen molar-refractivity contribution in [2.45, 2.75) is 6.42 Å². The predicted molar refractivity (Wildman–Crippen MR) is 123 cm³/mol. The van der Waals surface area contributed by atoms with E-state index in [1.807, 2.05) is 24.3 Å². The van der Waals surface area contributed by atoms with E-state index in [4.69, 9.17) is 31.2 Å². The number of methoxy groups -OCH3 is 4. The minimum atomic E-state index is -0.104. The molecule has 1 aliphatic heterocycles. The monoisotopic (exact) mass is 445 g/mol. The third kappa shape index (κ3) is 4.71. The fourth-order valence-corrected chi connectivity index (χ4v) is 4.37. The summed E-state index contributed by atoms with van der Waals surface area (Å²) in [7, 11) is 6.29. The highest BCUT2D eigenvalue weighted by atomic mass is 32.2. The molecule has 1 aliphatic rings. The van der Waals surface area contributed by atoms with Gasteiger partial charge in [-0.15, -0.1) is 0 Å². The van der Waals surface area contributed by atoms with Crippen LogP contribution in [0.2, 0.25) is 0 Å². The number of rotatable bonds is 8. The number of hydrogen-bond acceptors (Lipinski definition) is 7. The van der Waals surface area contributed by atoms with Crippen LogP contribution < -0.4 is 18.9 Å². The first-order chi connectivity index (χ1) is 14.5. The summed E-state index contributed by atoms with van der Waals surface area (Å²) in [5.74, 6) is 2.25. The van der Waals surface area contributed by atoms with Crippen LogP contribution in [0, 0.1) is 0 Å². The molecule has 3 rings (SSSR count). The van der Waals surface area contributed by atoms with Crippen molar-refractivity contribution in [3.05, 3.63) is 52.4 Å². The van der Waals surface area contributed by atoms with Crippen molar-refractivity contribution in [3.63, 3.8) is 0 Å². The first-order valence-corrected chi connectivity index (χ1v) is 10.4. The van der Waals surface area contributed by atoms with Crippen LogP contribution in [0.25, 0.3) is 6.08 Å². The maximum absolute atomic E-state index is 12.9. The topological polar surface area (TPSA) is 57.2 Å². The van der Waals surface area contributed by atoms with E-state index in [2.05, 4.69) is 0 Å². The summed E-state index contributed by atoms with van der Waals surface area (Å²) in [5.41, 5.74) is 1.87. The van der Waals surface area contributed by atoms with Crippen molar-refractivity contribution in [3.8, 4) is 23.0 Å². The summed E-state index contributed by atoms with van der Waals surface area (Å²) >= 11 is 6.73. The molecule has 0 saturated carbocycles. The SMILES string of the molecule is COc1ccc(CCN2C(=O)/C(=C/c3cc(OC)c(OC)c(OC)c3)SC2=S)cc1. The lowest BCUT2D eigenvalue weighted by Gasteiger charge is -2.14. The smallest absolute Gasteiger partial charge is 0.266 e. The fourth-order valence-electron chi connectivity index (χ4n) is 3.06. The Morgan fingerprint density at radius 1 is 0.967 bits per heavy atom. The van der Waals surface area contributed by atoms with E-state index in [9.17, 15) is 4.79 Å². The quantitative estimate of drug-likeness (QED) is 0.447. The Balaban J connectivity index is 1.77. The molecule has 2 aromatic carbocycles. The van der Waals surface area contributed by atoms with Gasteiger partial charge in [0, 0.05) is 6.54 Å². The van der Waals surface area contributed by atoms with E-state index in [0.717, 1.165) is 16.9 Å². The standard InChI is InChI=1S/C22H23NO5S2/c1-25-16-7-5-14(6-8-16)9-10-23-21(24)19(30-22(23)29)13-15-11-17(26-2)20(28-4)18(12-15)27-3/h5-8,11-13H,9-10H2,1-4H3/b19-13-. The molecule has 0 aromatic heterocycles. The molecule has 6 nitrogen and oxygen atoms in total. The van der Waals surface area contributed by atoms with Gasteiger partial charge in [-0.25, -0.2) is 0 Å². The largest absolute Gasteiger partial charge is 0.497 e. The van der Waals surface area contributed by atoms with Crippen molar-refractivity contribution in [2.24, 2.45) is 0 Å². The molecular weight excluding hydrogens is 422 g/mol. The molecule has 0 N–H and O–H groups in total. The Morgan fingerprint density at radius 3 is 2.13 bits per heavy atom. The number of carbonyl (C=O) groups is 1. The van der Waals surface area contributed by atoms with Crippen LogP contribution in [-0.2, 0) is 11.2 Å². The summed E-state index contributed by atoms with van der Waals surface area (Å²) in [6.07, 6.45) is 2.49. The van der Waals surface area contributed by atoms with Crippen molar-refractivity contribution in [1.82, 2.24) is 4.90 Å². The molecule has 0 radical (unpaired) electrons. The van der Waals surface area contributed by atoms with Crippen LogP contribution in [0.4, 0.5) is 0 Å². The lowest BCUT2D eigenvalue weighted by Crippen LogP contribution is -2.30. The zero-order valence-corrected chi connectivity index (χ0v) is 18.9. The number of thiocarbonyl (C=S) groups is 1. The van der Waals surface area contributed by atoms with Crippen molar-refractivity contribution >= 4 is 40.3 Å². The Labute approximate surface area is 185 Å². The van der Waals surface area contributed by atoms with E-state index >= 15 is 0 Å². The number of hydrogen-bond donors (Lipinski definition) is 0. The van der Waals surface area contributed by atoms with E-state index < -0.39 is 0 Å². The molecule has 2 aromatic rings. The number of amides is 1. The van der Waals surface area contributed by atoms with Crippen molar-refractivity contribution in [1.29, 1.82) is 0 Å². The van der Waals surface area contributed by atoms with Crippen molar-refractivity contribution < 1.29 is 23.7 Å². The summed E-state index contributed by atoms with van der Waals surface area (Å²) in [4.78, 5) is 15.1. The van der Waals surface area contributed by atoms with Crippen LogP contribution >= 0.6 is 24.0 Å². The van der Waals surface area contributed by atoms with Gasteiger partial charge in [0.25, 0.3) is 5.91 Å². The third-order valence-corrected chi connectivity index (χ3v) is 6.02. The normalized spacial score (nSPS) is 14.9. The summed E-state index contributed by atoms with van der Waals surface area (Å²) < 4.78 is 21.8. The molecule has 0 unspecified atom stereocenters. The predicted octanol–water partition coefficient (Wildman–Crippen LogP) is 4.16. The van der Waals surface area contributed by atoms with Crippen molar-refractivity contribution in [2.75, 3.05) is 35.0 Å². The first kappa shape index (κ1) is 22.0. The molecule has 0 atom stereocenters. The van der Waals surface area contributed by atoms with Gasteiger partial charge in [0.1, 0.15) is 10.1 Å². The molecule has 158 valence electrons. The maximum atomic E-state index is 12.9. The average Bonchev–Trinajstić information content (AvgIpc) is 3.04. The number of benzene rings is 2. The number of thioether (sulfide) groups is 1. The van der Waals surface area contributed by atoms with Gasteiger partial charge >= 0.3 is 0 Å². The summed E-state index contributed by atoms with van der Waals surface area (Å²) in [6, 6.07) is 11.4. The molecule has 0 spiro atoms. The van der Waals surface area contributed by atoms with E-state index in [1.165, 1.54) is 11.8 Å². The van der Waals surface area contributed by atoms with E-state index in [0.29, 0.717) is 39.4 Å². The maximum Gasteiger partial charge on any atom is 0.266 e. The molecule has 8 heteroatoms. The Kier molecular flexibility index (Phi) is 7.23. The highest BCUT2D eigenvalue weighted by molar-refractivity contribution is 8.26. The summed E-state index contributed by atoms with van der Waals surface area (Å²) in [6.45, 7) is 0.517. The molecule has 1 fully saturated rings. The van der Waals surface area contributed by atoms with Gasteiger partial charge in [-0.3, -0.25) is 9.69 Å². The minimum absolute atomic E-state index is 0.104. The number of nitrogens with zero attached hydrogens (tertiary/aromatic N) is 1. The highest BCUT2D eigenvalue weighted by Gasteiger charge is 2.31. The van der Waals surface area contributed by atoms with Crippen LogP contribution in [0.1, 0.15) is 11.1 Å². The first-order valence-electron chi connectivity index (χ1n) is 9.19. The van der Waals surface area contributed by atoms with Crippen LogP contribution in [0.5, 0.6) is 23.0 Å². The van der Waals surface area contributed by atoms with Crippen LogP contribution in [0.3, 0.4) is 0 Å². The lowest BCUT2D eigenvalue weighted by molar-refractivity contribution is -0.122. The van der Waals surface area contributed by atoms with Gasteiger partial charge in [-0.2, -0.15) is 0 Å². The van der Waals surface area contributed by atoms with Gasteiger partial charge in [0.15, 0.2) is 11.5 Å². The van der Waals surface area contributed by atoms with Gasteiger partial charge < -0.3 is 18.9 Å². The second-order valence-corrected chi connectivity index (χ2v) is 8.07. The third-order valence-electron chi connectivity index (χ3n) is 4.64. The minimum Gasteiger partial charge on any atom is -0.497 e. The van der Waals surface area contributed by atoms with Crippen LogP contribution in [0.15, 0.2) is 41.3 Å². The van der Waals surface area contributed by atoms with Gasteiger partial charge in [-0.05, 0) is 47.9 Å². The second kappa shape index (κ2) is 9.86. The molecular formula is C22H23NO5S2. The van der Waals surface area contributed by atoms with Gasteiger partial charge in [0.2, 0.25) is 5.75 Å². The molecule has 1 heterocycles. The Hall–Kier alpha value is -2.71. The highest BCUT2D eigenvalue weighted by Crippen LogP contribution is 2.40. The zero-order valence-electron chi connectivity index (χ0n) is 17.3. The zero-order chi connectivity index (χ0) is 21.7. The Morgan fingerprint density at radius 2 is 1.60 bits per heavy atom. The number of ether oxygens (including phenoxy) is 4. The fraction of sp³-hybridized carbons (Fsp3) is 0.273. The van der Waals surface area contributed by atoms with Crippen LogP contribution in [-0.4, -0.2) is 50.1 Å². The van der Waals surface area contributed by atoms with Gasteiger partial charge in [-0.1, -0.05) is 36.1 Å². The lowest BCUT2D eigenvalue weighted by atomic mass is 10.1. The number of carbonyl (C=O) groups excluding carboxylic acids is 1. The average molecular weight is 446 g/mol. The second-order valence-electron chi connectivity index (χ2n) is 6.39. The molecule has 1 saturated heterocycles. The molecule has 0 bridgehead atoms. The molecule has 30 heavy (non-hydrogen) atoms. The van der Waals surface area contributed by atoms with Gasteiger partial charge in [0.05, 0.1) is 33.3 Å². The van der Waals surface area contributed by atoms with E-state index in [-0.39, 0.29) is 5.91 Å². The molecule has 1 amide bonds. The Bertz CT molecular complexity index is 947.